The molecule has 0 spiro atoms. The molecular formula is C12H22N2O4. The smallest absolute Gasteiger partial charge is 0.410 e. The Morgan fingerprint density at radius 1 is 1.50 bits per heavy atom. The van der Waals surface area contributed by atoms with Crippen molar-refractivity contribution in [2.24, 2.45) is 5.92 Å². The van der Waals surface area contributed by atoms with Gasteiger partial charge in [-0.3, -0.25) is 4.79 Å². The van der Waals surface area contributed by atoms with E-state index in [0.29, 0.717) is 19.0 Å². The SMILES string of the molecule is CC(C)OC(=O)N1CCCC(CNCC(=O)O)C1. The highest BCUT2D eigenvalue weighted by Gasteiger charge is 2.24. The number of rotatable bonds is 5. The van der Waals surface area contributed by atoms with Gasteiger partial charge in [0.25, 0.3) is 0 Å². The first-order chi connectivity index (χ1) is 8.49. The first-order valence-electron chi connectivity index (χ1n) is 6.37. The van der Waals surface area contributed by atoms with Crippen molar-refractivity contribution in [2.75, 3.05) is 26.2 Å². The van der Waals surface area contributed by atoms with Gasteiger partial charge < -0.3 is 20.1 Å². The summed E-state index contributed by atoms with van der Waals surface area (Å²) in [5.74, 6) is -0.556. The van der Waals surface area contributed by atoms with Crippen molar-refractivity contribution >= 4 is 12.1 Å². The summed E-state index contributed by atoms with van der Waals surface area (Å²) in [6.45, 7) is 5.60. The zero-order valence-electron chi connectivity index (χ0n) is 11.0. The van der Waals surface area contributed by atoms with Gasteiger partial charge in [0.1, 0.15) is 0 Å². The molecule has 0 bridgehead atoms. The summed E-state index contributed by atoms with van der Waals surface area (Å²) in [5, 5.41) is 11.4. The lowest BCUT2D eigenvalue weighted by molar-refractivity contribution is -0.136. The minimum absolute atomic E-state index is 0.0348. The molecule has 0 aromatic carbocycles. The Bertz CT molecular complexity index is 294. The molecule has 1 aliphatic heterocycles. The molecule has 1 heterocycles. The van der Waals surface area contributed by atoms with Crippen molar-refractivity contribution in [2.45, 2.75) is 32.8 Å². The molecule has 18 heavy (non-hydrogen) atoms. The summed E-state index contributed by atoms with van der Waals surface area (Å²) in [5.41, 5.74) is 0. The van der Waals surface area contributed by atoms with Crippen LogP contribution in [-0.4, -0.2) is 54.4 Å². The quantitative estimate of drug-likeness (QED) is 0.766. The van der Waals surface area contributed by atoms with E-state index < -0.39 is 5.97 Å². The van der Waals surface area contributed by atoms with Gasteiger partial charge in [0.2, 0.25) is 0 Å². The minimum atomic E-state index is -0.859. The highest BCUT2D eigenvalue weighted by atomic mass is 16.6. The van der Waals surface area contributed by atoms with Gasteiger partial charge in [0, 0.05) is 19.6 Å². The lowest BCUT2D eigenvalue weighted by Gasteiger charge is -2.32. The van der Waals surface area contributed by atoms with E-state index in [9.17, 15) is 9.59 Å². The highest BCUT2D eigenvalue weighted by Crippen LogP contribution is 2.16. The first kappa shape index (κ1) is 14.8. The number of likely N-dealkylation sites (tertiary alicyclic amines) is 1. The van der Waals surface area contributed by atoms with E-state index in [4.69, 9.17) is 9.84 Å². The number of aliphatic carboxylic acids is 1. The summed E-state index contributed by atoms with van der Waals surface area (Å²) >= 11 is 0. The Balaban J connectivity index is 2.31. The van der Waals surface area contributed by atoms with Crippen LogP contribution in [0.1, 0.15) is 26.7 Å². The van der Waals surface area contributed by atoms with Crippen LogP contribution in [0, 0.1) is 5.92 Å². The van der Waals surface area contributed by atoms with Crippen molar-refractivity contribution in [3.05, 3.63) is 0 Å². The van der Waals surface area contributed by atoms with Crippen LogP contribution in [0.15, 0.2) is 0 Å². The second-order valence-corrected chi connectivity index (χ2v) is 4.91. The number of amides is 1. The van der Waals surface area contributed by atoms with E-state index in [1.165, 1.54) is 0 Å². The molecule has 0 radical (unpaired) electrons. The number of nitrogens with zero attached hydrogens (tertiary/aromatic N) is 1. The Morgan fingerprint density at radius 2 is 2.22 bits per heavy atom. The second-order valence-electron chi connectivity index (χ2n) is 4.91. The summed E-state index contributed by atoms with van der Waals surface area (Å²) in [7, 11) is 0. The highest BCUT2D eigenvalue weighted by molar-refractivity contribution is 5.69. The molecule has 6 heteroatoms. The monoisotopic (exact) mass is 258 g/mol. The van der Waals surface area contributed by atoms with Gasteiger partial charge in [-0.1, -0.05) is 0 Å². The fraction of sp³-hybridized carbons (Fsp3) is 0.833. The Hall–Kier alpha value is -1.30. The van der Waals surface area contributed by atoms with Gasteiger partial charge in [0.05, 0.1) is 12.6 Å². The van der Waals surface area contributed by atoms with Crippen molar-refractivity contribution in [3.63, 3.8) is 0 Å². The van der Waals surface area contributed by atoms with Gasteiger partial charge in [0.15, 0.2) is 0 Å². The molecule has 1 unspecified atom stereocenters. The molecule has 0 saturated carbocycles. The summed E-state index contributed by atoms with van der Waals surface area (Å²) in [6, 6.07) is 0. The fourth-order valence-electron chi connectivity index (χ4n) is 2.06. The fourth-order valence-corrected chi connectivity index (χ4v) is 2.06. The lowest BCUT2D eigenvalue weighted by Crippen LogP contribution is -2.44. The number of hydrogen-bond acceptors (Lipinski definition) is 4. The van der Waals surface area contributed by atoms with Gasteiger partial charge in [-0.05, 0) is 32.6 Å². The number of carbonyl (C=O) groups excluding carboxylic acids is 1. The van der Waals surface area contributed by atoms with Crippen LogP contribution in [0.3, 0.4) is 0 Å². The Labute approximate surface area is 107 Å². The average molecular weight is 258 g/mol. The summed E-state index contributed by atoms with van der Waals surface area (Å²) < 4.78 is 5.15. The second kappa shape index (κ2) is 7.20. The molecule has 0 aromatic heterocycles. The molecule has 1 fully saturated rings. The van der Waals surface area contributed by atoms with E-state index in [-0.39, 0.29) is 18.7 Å². The zero-order chi connectivity index (χ0) is 13.5. The van der Waals surface area contributed by atoms with Gasteiger partial charge in [-0.2, -0.15) is 0 Å². The van der Waals surface area contributed by atoms with Gasteiger partial charge in [-0.25, -0.2) is 4.79 Å². The Morgan fingerprint density at radius 3 is 2.83 bits per heavy atom. The van der Waals surface area contributed by atoms with E-state index in [2.05, 4.69) is 5.32 Å². The maximum atomic E-state index is 11.7. The average Bonchev–Trinajstić information content (AvgIpc) is 2.28. The number of carboxylic acids is 1. The van der Waals surface area contributed by atoms with Crippen LogP contribution < -0.4 is 5.32 Å². The molecule has 1 aliphatic rings. The van der Waals surface area contributed by atoms with Crippen LogP contribution in [-0.2, 0) is 9.53 Å². The third kappa shape index (κ3) is 5.35. The number of piperidine rings is 1. The van der Waals surface area contributed by atoms with E-state index >= 15 is 0 Å². The minimum Gasteiger partial charge on any atom is -0.480 e. The molecule has 104 valence electrons. The molecule has 0 aromatic rings. The van der Waals surface area contributed by atoms with Gasteiger partial charge >= 0.3 is 12.1 Å². The van der Waals surface area contributed by atoms with E-state index in [0.717, 1.165) is 19.4 Å². The number of carbonyl (C=O) groups is 2. The topological polar surface area (TPSA) is 78.9 Å². The molecule has 0 aliphatic carbocycles. The summed E-state index contributed by atoms with van der Waals surface area (Å²) in [4.78, 5) is 23.8. The van der Waals surface area contributed by atoms with E-state index in [1.54, 1.807) is 4.90 Å². The maximum absolute atomic E-state index is 11.7. The lowest BCUT2D eigenvalue weighted by atomic mass is 9.98. The van der Waals surface area contributed by atoms with Crippen LogP contribution in [0.5, 0.6) is 0 Å². The Kier molecular flexibility index (Phi) is 5.91. The van der Waals surface area contributed by atoms with Crippen molar-refractivity contribution in [1.82, 2.24) is 10.2 Å². The zero-order valence-corrected chi connectivity index (χ0v) is 11.0. The van der Waals surface area contributed by atoms with Crippen LogP contribution >= 0.6 is 0 Å². The summed E-state index contributed by atoms with van der Waals surface area (Å²) in [6.07, 6.45) is 1.57. The number of carboxylic acid groups (broad SMARTS) is 1. The third-order valence-electron chi connectivity index (χ3n) is 2.82. The normalized spacial score (nSPS) is 19.9. The maximum Gasteiger partial charge on any atom is 0.410 e. The van der Waals surface area contributed by atoms with Crippen molar-refractivity contribution < 1.29 is 19.4 Å². The largest absolute Gasteiger partial charge is 0.480 e. The molecule has 1 atom stereocenters. The number of ether oxygens (including phenoxy) is 1. The molecule has 1 saturated heterocycles. The molecule has 2 N–H and O–H groups in total. The number of nitrogens with one attached hydrogen (secondary N) is 1. The predicted molar refractivity (Wildman–Crippen MR) is 66.4 cm³/mol. The molecule has 6 nitrogen and oxygen atoms in total. The molecular weight excluding hydrogens is 236 g/mol. The van der Waals surface area contributed by atoms with Crippen LogP contribution in [0.4, 0.5) is 4.79 Å². The van der Waals surface area contributed by atoms with Crippen molar-refractivity contribution in [3.8, 4) is 0 Å². The molecule has 1 rings (SSSR count). The predicted octanol–water partition coefficient (Wildman–Crippen LogP) is 0.918. The first-order valence-corrected chi connectivity index (χ1v) is 6.37. The van der Waals surface area contributed by atoms with Crippen LogP contribution in [0.25, 0.3) is 0 Å². The van der Waals surface area contributed by atoms with Crippen molar-refractivity contribution in [1.29, 1.82) is 0 Å². The van der Waals surface area contributed by atoms with E-state index in [1.807, 2.05) is 13.8 Å². The standard InChI is InChI=1S/C12H22N2O4/c1-9(2)18-12(17)14-5-3-4-10(8-14)6-13-7-11(15)16/h9-10,13H,3-8H2,1-2H3,(H,15,16). The van der Waals surface area contributed by atoms with Crippen LogP contribution in [0.2, 0.25) is 0 Å². The molecule has 1 amide bonds. The number of hydrogen-bond donors (Lipinski definition) is 2. The van der Waals surface area contributed by atoms with Gasteiger partial charge in [-0.15, -0.1) is 0 Å². The third-order valence-corrected chi connectivity index (χ3v) is 2.82.